The first-order valence-corrected chi connectivity index (χ1v) is 8.75. The zero-order chi connectivity index (χ0) is 17.5. The molecule has 0 spiro atoms. The van der Waals surface area contributed by atoms with Crippen molar-refractivity contribution in [2.75, 3.05) is 5.32 Å². The SMILES string of the molecule is O=C1Cc2c([nH]c3cc[n+](Cc4ccccc4)cc23)-c2ccccc2N1.[Br-]. The van der Waals surface area contributed by atoms with Gasteiger partial charge in [0.05, 0.1) is 28.7 Å². The summed E-state index contributed by atoms with van der Waals surface area (Å²) in [5.74, 6) is 0.0237. The fraction of sp³-hybridized carbons (Fsp3) is 0.0909. The lowest BCUT2D eigenvalue weighted by Gasteiger charge is -2.05. The van der Waals surface area contributed by atoms with Gasteiger partial charge in [-0.25, -0.2) is 4.57 Å². The maximum atomic E-state index is 12.4. The summed E-state index contributed by atoms with van der Waals surface area (Å²) in [6.07, 6.45) is 4.59. The predicted molar refractivity (Wildman–Crippen MR) is 102 cm³/mol. The summed E-state index contributed by atoms with van der Waals surface area (Å²) >= 11 is 0. The van der Waals surface area contributed by atoms with E-state index in [1.54, 1.807) is 0 Å². The van der Waals surface area contributed by atoms with Gasteiger partial charge in [-0.15, -0.1) is 0 Å². The quantitative estimate of drug-likeness (QED) is 0.461. The van der Waals surface area contributed by atoms with Crippen LogP contribution >= 0.6 is 0 Å². The van der Waals surface area contributed by atoms with E-state index in [0.29, 0.717) is 6.42 Å². The molecule has 4 nitrogen and oxygen atoms in total. The van der Waals surface area contributed by atoms with E-state index in [9.17, 15) is 4.79 Å². The molecule has 4 aromatic rings. The Kier molecular flexibility index (Phi) is 4.54. The van der Waals surface area contributed by atoms with E-state index in [-0.39, 0.29) is 22.9 Å². The fourth-order valence-corrected chi connectivity index (χ4v) is 3.70. The van der Waals surface area contributed by atoms with Gasteiger partial charge in [0.25, 0.3) is 0 Å². The number of hydrogen-bond acceptors (Lipinski definition) is 1. The highest BCUT2D eigenvalue weighted by molar-refractivity contribution is 6.04. The summed E-state index contributed by atoms with van der Waals surface area (Å²) in [6, 6.07) is 20.4. The molecule has 0 fully saturated rings. The molecule has 0 radical (unpaired) electrons. The predicted octanol–water partition coefficient (Wildman–Crippen LogP) is 0.669. The number of halogens is 1. The van der Waals surface area contributed by atoms with Crippen LogP contribution in [0.1, 0.15) is 11.1 Å². The van der Waals surface area contributed by atoms with Crippen molar-refractivity contribution in [2.24, 2.45) is 0 Å². The summed E-state index contributed by atoms with van der Waals surface area (Å²) in [4.78, 5) is 15.9. The molecule has 2 N–H and O–H groups in total. The summed E-state index contributed by atoms with van der Waals surface area (Å²) in [5.41, 5.74) is 6.31. The lowest BCUT2D eigenvalue weighted by Crippen LogP contribution is -3.00. The van der Waals surface area contributed by atoms with Crippen molar-refractivity contribution in [3.05, 3.63) is 84.2 Å². The number of aromatic nitrogens is 2. The Hall–Kier alpha value is -2.92. The first kappa shape index (κ1) is 17.5. The van der Waals surface area contributed by atoms with Gasteiger partial charge in [-0.1, -0.05) is 48.5 Å². The Balaban J connectivity index is 0.00000180. The van der Waals surface area contributed by atoms with Crippen LogP contribution in [0.4, 0.5) is 5.69 Å². The zero-order valence-corrected chi connectivity index (χ0v) is 16.2. The van der Waals surface area contributed by atoms with Crippen LogP contribution in [0.15, 0.2) is 73.1 Å². The van der Waals surface area contributed by atoms with E-state index >= 15 is 0 Å². The minimum Gasteiger partial charge on any atom is -1.00 e. The van der Waals surface area contributed by atoms with Crippen LogP contribution < -0.4 is 26.9 Å². The van der Waals surface area contributed by atoms with Crippen LogP contribution in [0.3, 0.4) is 0 Å². The minimum atomic E-state index is 0. The molecule has 0 bridgehead atoms. The van der Waals surface area contributed by atoms with Crippen LogP contribution in [-0.2, 0) is 17.8 Å². The summed E-state index contributed by atoms with van der Waals surface area (Å²) < 4.78 is 2.17. The van der Waals surface area contributed by atoms with Gasteiger partial charge in [-0.3, -0.25) is 4.79 Å². The van der Waals surface area contributed by atoms with Gasteiger partial charge in [-0.05, 0) is 6.07 Å². The Labute approximate surface area is 167 Å². The molecule has 1 aliphatic rings. The van der Waals surface area contributed by atoms with Crippen LogP contribution in [-0.4, -0.2) is 10.9 Å². The fourth-order valence-electron chi connectivity index (χ4n) is 3.70. The van der Waals surface area contributed by atoms with Crippen molar-refractivity contribution >= 4 is 22.5 Å². The molecule has 1 amide bonds. The number of amides is 1. The van der Waals surface area contributed by atoms with Crippen molar-refractivity contribution in [2.45, 2.75) is 13.0 Å². The molecule has 5 rings (SSSR count). The second-order valence-corrected chi connectivity index (χ2v) is 6.68. The third-order valence-corrected chi connectivity index (χ3v) is 4.92. The standard InChI is InChI=1S/C22H17N3O.BrH/c26-21-12-17-18-14-25(13-15-6-2-1-3-7-15)11-10-20(18)24-22(17)16-8-4-5-9-19(16)23-21;/h1-11,14H,12-13H2,(H,23,26);1H. The molecular weight excluding hydrogens is 402 g/mol. The first-order valence-electron chi connectivity index (χ1n) is 8.75. The van der Waals surface area contributed by atoms with Crippen molar-refractivity contribution < 1.29 is 26.3 Å². The Morgan fingerprint density at radius 3 is 2.59 bits per heavy atom. The third kappa shape index (κ3) is 3.15. The molecule has 134 valence electrons. The molecule has 2 aromatic carbocycles. The van der Waals surface area contributed by atoms with Gasteiger partial charge in [0.1, 0.15) is 0 Å². The Bertz CT molecular complexity index is 1130. The van der Waals surface area contributed by atoms with Gasteiger partial charge in [0, 0.05) is 22.8 Å². The van der Waals surface area contributed by atoms with Crippen LogP contribution in [0, 0.1) is 0 Å². The van der Waals surface area contributed by atoms with Crippen molar-refractivity contribution in [1.82, 2.24) is 4.98 Å². The number of carbonyl (C=O) groups excluding carboxylic acids is 1. The number of pyridine rings is 1. The second kappa shape index (κ2) is 7.00. The van der Waals surface area contributed by atoms with Crippen LogP contribution in [0.2, 0.25) is 0 Å². The lowest BCUT2D eigenvalue weighted by molar-refractivity contribution is -0.687. The van der Waals surface area contributed by atoms with Gasteiger partial charge in [0.2, 0.25) is 5.91 Å². The molecular formula is C22H18BrN3O. The molecule has 0 saturated heterocycles. The van der Waals surface area contributed by atoms with Crippen LogP contribution in [0.25, 0.3) is 22.2 Å². The molecule has 0 atom stereocenters. The number of benzene rings is 2. The van der Waals surface area contributed by atoms with Crippen LogP contribution in [0.5, 0.6) is 0 Å². The largest absolute Gasteiger partial charge is 1.00 e. The first-order chi connectivity index (χ1) is 12.8. The Morgan fingerprint density at radius 2 is 1.74 bits per heavy atom. The minimum absolute atomic E-state index is 0. The van der Waals surface area contributed by atoms with E-state index in [0.717, 1.165) is 40.0 Å². The van der Waals surface area contributed by atoms with E-state index in [1.807, 2.05) is 30.3 Å². The number of carbonyl (C=O) groups is 1. The highest BCUT2D eigenvalue weighted by Gasteiger charge is 2.24. The zero-order valence-electron chi connectivity index (χ0n) is 14.6. The molecule has 2 aromatic heterocycles. The molecule has 0 saturated carbocycles. The number of para-hydroxylation sites is 1. The van der Waals surface area contributed by atoms with E-state index in [1.165, 1.54) is 5.56 Å². The number of aromatic amines is 1. The average molecular weight is 420 g/mol. The van der Waals surface area contributed by atoms with Crippen molar-refractivity contribution in [1.29, 1.82) is 0 Å². The van der Waals surface area contributed by atoms with Gasteiger partial charge < -0.3 is 27.3 Å². The van der Waals surface area contributed by atoms with E-state index in [2.05, 4.69) is 57.6 Å². The van der Waals surface area contributed by atoms with Gasteiger partial charge in [0.15, 0.2) is 18.9 Å². The number of nitrogens with one attached hydrogen (secondary N) is 2. The molecule has 27 heavy (non-hydrogen) atoms. The molecule has 1 aliphatic heterocycles. The number of anilines is 1. The molecule has 3 heterocycles. The Morgan fingerprint density at radius 1 is 0.963 bits per heavy atom. The highest BCUT2D eigenvalue weighted by Crippen LogP contribution is 2.36. The van der Waals surface area contributed by atoms with Crippen molar-refractivity contribution in [3.63, 3.8) is 0 Å². The summed E-state index contributed by atoms with van der Waals surface area (Å²) in [5, 5.41) is 4.11. The normalized spacial score (nSPS) is 12.5. The number of nitrogens with zero attached hydrogens (tertiary/aromatic N) is 1. The second-order valence-electron chi connectivity index (χ2n) is 6.68. The maximum absolute atomic E-state index is 12.4. The molecule has 0 aliphatic carbocycles. The van der Waals surface area contributed by atoms with E-state index < -0.39 is 0 Å². The number of H-pyrrole nitrogens is 1. The average Bonchev–Trinajstić information content (AvgIpc) is 2.93. The molecule has 5 heteroatoms. The third-order valence-electron chi connectivity index (χ3n) is 4.92. The van der Waals surface area contributed by atoms with Gasteiger partial charge >= 0.3 is 0 Å². The summed E-state index contributed by atoms with van der Waals surface area (Å²) in [7, 11) is 0. The van der Waals surface area contributed by atoms with Gasteiger partial charge in [-0.2, -0.15) is 0 Å². The maximum Gasteiger partial charge on any atom is 0.228 e. The lowest BCUT2D eigenvalue weighted by atomic mass is 10.0. The number of hydrogen-bond donors (Lipinski definition) is 2. The summed E-state index contributed by atoms with van der Waals surface area (Å²) in [6.45, 7) is 0.805. The van der Waals surface area contributed by atoms with Crippen molar-refractivity contribution in [3.8, 4) is 11.3 Å². The monoisotopic (exact) mass is 419 g/mol. The smallest absolute Gasteiger partial charge is 0.228 e. The highest BCUT2D eigenvalue weighted by atomic mass is 79.9. The number of fused-ring (bicyclic) bond motifs is 5. The topological polar surface area (TPSA) is 48.8 Å². The number of rotatable bonds is 2. The van der Waals surface area contributed by atoms with E-state index in [4.69, 9.17) is 0 Å². The molecule has 0 unspecified atom stereocenters.